The van der Waals surface area contributed by atoms with Crippen LogP contribution in [0.1, 0.15) is 23.0 Å². The maximum absolute atomic E-state index is 12.2. The molecule has 2 aromatic carbocycles. The average Bonchev–Trinajstić information content (AvgIpc) is 3.05. The van der Waals surface area contributed by atoms with Gasteiger partial charge in [-0.15, -0.1) is 11.3 Å². The number of fused-ring (bicyclic) bond motifs is 2. The lowest BCUT2D eigenvalue weighted by Gasteiger charge is -2.26. The summed E-state index contributed by atoms with van der Waals surface area (Å²) >= 11 is 1.59. The number of nitrogens with zero attached hydrogens (tertiary/aromatic N) is 1. The first-order valence-electron chi connectivity index (χ1n) is 8.23. The van der Waals surface area contributed by atoms with Crippen molar-refractivity contribution in [1.29, 1.82) is 0 Å². The largest absolute Gasteiger partial charge is 0.493 e. The lowest BCUT2D eigenvalue weighted by atomic mass is 10.0. The van der Waals surface area contributed by atoms with Crippen molar-refractivity contribution in [2.45, 2.75) is 19.1 Å². The molecule has 1 N–H and O–H groups in total. The first kappa shape index (κ1) is 16.1. The number of aromatic nitrogens is 1. The van der Waals surface area contributed by atoms with Crippen molar-refractivity contribution in [3.8, 4) is 5.75 Å². The van der Waals surface area contributed by atoms with Crippen LogP contribution in [0.2, 0.25) is 0 Å². The summed E-state index contributed by atoms with van der Waals surface area (Å²) in [5.74, 6) is 0.720. The zero-order valence-corrected chi connectivity index (χ0v) is 14.4. The summed E-state index contributed by atoms with van der Waals surface area (Å²) in [4.78, 5) is 16.7. The number of ether oxygens (including phenoxy) is 2. The third-order valence-corrected chi connectivity index (χ3v) is 5.10. The summed E-state index contributed by atoms with van der Waals surface area (Å²) in [5.41, 5.74) is 1.99. The van der Waals surface area contributed by atoms with Gasteiger partial charge in [0.05, 0.1) is 29.5 Å². The number of para-hydroxylation sites is 2. The molecule has 0 saturated heterocycles. The molecule has 2 heterocycles. The van der Waals surface area contributed by atoms with E-state index in [2.05, 4.69) is 10.3 Å². The highest BCUT2D eigenvalue weighted by atomic mass is 32.1. The smallest absolute Gasteiger partial charge is 0.246 e. The van der Waals surface area contributed by atoms with E-state index in [1.54, 1.807) is 11.3 Å². The molecule has 6 heteroatoms. The highest BCUT2D eigenvalue weighted by Crippen LogP contribution is 2.31. The minimum Gasteiger partial charge on any atom is -0.493 e. The Kier molecular flexibility index (Phi) is 4.63. The van der Waals surface area contributed by atoms with E-state index in [0.717, 1.165) is 33.0 Å². The maximum Gasteiger partial charge on any atom is 0.246 e. The predicted molar refractivity (Wildman–Crippen MR) is 96.7 cm³/mol. The van der Waals surface area contributed by atoms with Crippen LogP contribution in [0.25, 0.3) is 10.2 Å². The Morgan fingerprint density at radius 2 is 2.08 bits per heavy atom. The van der Waals surface area contributed by atoms with Gasteiger partial charge in [-0.1, -0.05) is 30.3 Å². The summed E-state index contributed by atoms with van der Waals surface area (Å²) in [6.07, 6.45) is 0.765. The quantitative estimate of drug-likeness (QED) is 0.762. The second-order valence-electron chi connectivity index (χ2n) is 5.86. The number of hydrogen-bond donors (Lipinski definition) is 1. The van der Waals surface area contributed by atoms with Gasteiger partial charge in [-0.3, -0.25) is 4.79 Å². The fourth-order valence-corrected chi connectivity index (χ4v) is 3.85. The van der Waals surface area contributed by atoms with Crippen molar-refractivity contribution < 1.29 is 14.3 Å². The number of amides is 1. The fourth-order valence-electron chi connectivity index (χ4n) is 2.94. The average molecular weight is 354 g/mol. The van der Waals surface area contributed by atoms with Gasteiger partial charge in [-0.25, -0.2) is 4.98 Å². The number of nitrogens with one attached hydrogen (secondary N) is 1. The molecule has 0 saturated carbocycles. The van der Waals surface area contributed by atoms with Crippen molar-refractivity contribution in [3.63, 3.8) is 0 Å². The molecule has 1 unspecified atom stereocenters. The topological polar surface area (TPSA) is 60.5 Å². The Labute approximate surface area is 149 Å². The van der Waals surface area contributed by atoms with Gasteiger partial charge in [-0.05, 0) is 18.2 Å². The third-order valence-electron chi connectivity index (χ3n) is 4.09. The number of rotatable bonds is 5. The van der Waals surface area contributed by atoms with Crippen molar-refractivity contribution in [2.75, 3.05) is 13.2 Å². The van der Waals surface area contributed by atoms with Gasteiger partial charge in [0.15, 0.2) is 0 Å². The van der Waals surface area contributed by atoms with Crippen LogP contribution < -0.4 is 10.1 Å². The molecule has 1 aliphatic rings. The second kappa shape index (κ2) is 7.21. The van der Waals surface area contributed by atoms with Gasteiger partial charge in [0.2, 0.25) is 5.91 Å². The van der Waals surface area contributed by atoms with E-state index < -0.39 is 0 Å². The number of benzene rings is 2. The maximum atomic E-state index is 12.2. The monoisotopic (exact) mass is 354 g/mol. The van der Waals surface area contributed by atoms with Gasteiger partial charge >= 0.3 is 0 Å². The molecular weight excluding hydrogens is 336 g/mol. The molecular formula is C19H18N2O3S. The van der Waals surface area contributed by atoms with Crippen LogP contribution in [0.4, 0.5) is 0 Å². The summed E-state index contributed by atoms with van der Waals surface area (Å²) in [7, 11) is 0. The Balaban J connectivity index is 1.31. The summed E-state index contributed by atoms with van der Waals surface area (Å²) in [6.45, 7) is 0.973. The van der Waals surface area contributed by atoms with E-state index in [4.69, 9.17) is 9.47 Å². The van der Waals surface area contributed by atoms with E-state index in [-0.39, 0.29) is 18.6 Å². The van der Waals surface area contributed by atoms with E-state index in [9.17, 15) is 4.79 Å². The molecule has 0 aliphatic carbocycles. The van der Waals surface area contributed by atoms with Gasteiger partial charge < -0.3 is 14.8 Å². The zero-order valence-electron chi connectivity index (χ0n) is 13.6. The first-order chi connectivity index (χ1) is 12.3. The zero-order chi connectivity index (χ0) is 17.1. The van der Waals surface area contributed by atoms with E-state index >= 15 is 0 Å². The number of carbonyl (C=O) groups excluding carboxylic acids is 1. The Bertz CT molecular complexity index is 860. The van der Waals surface area contributed by atoms with Gasteiger partial charge in [0.25, 0.3) is 0 Å². The molecule has 3 aromatic rings. The van der Waals surface area contributed by atoms with Crippen LogP contribution in [0.3, 0.4) is 0 Å². The van der Waals surface area contributed by atoms with Gasteiger partial charge in [0.1, 0.15) is 17.4 Å². The van der Waals surface area contributed by atoms with Crippen molar-refractivity contribution in [2.24, 2.45) is 0 Å². The van der Waals surface area contributed by atoms with Crippen LogP contribution in [0, 0.1) is 0 Å². The molecule has 4 rings (SSSR count). The molecule has 0 spiro atoms. The Hall–Kier alpha value is -2.44. The van der Waals surface area contributed by atoms with Crippen LogP contribution in [0.15, 0.2) is 48.5 Å². The number of carbonyl (C=O) groups is 1. The highest BCUT2D eigenvalue weighted by Gasteiger charge is 2.22. The molecule has 1 amide bonds. The van der Waals surface area contributed by atoms with Crippen LogP contribution in [0.5, 0.6) is 5.75 Å². The fraction of sp³-hybridized carbons (Fsp3) is 0.263. The lowest BCUT2D eigenvalue weighted by Crippen LogP contribution is -2.34. The standard InChI is InChI=1S/C19H18N2O3S/c22-18(20-14-9-10-24-16-7-3-1-5-13(14)16)11-23-12-19-21-15-6-2-4-8-17(15)25-19/h1-8,14H,9-12H2,(H,20,22). The number of hydrogen-bond acceptors (Lipinski definition) is 5. The molecule has 128 valence electrons. The summed E-state index contributed by atoms with van der Waals surface area (Å²) in [6, 6.07) is 15.7. The minimum absolute atomic E-state index is 0.0233. The molecule has 1 aromatic heterocycles. The second-order valence-corrected chi connectivity index (χ2v) is 6.98. The minimum atomic E-state index is -0.122. The van der Waals surface area contributed by atoms with Crippen molar-refractivity contribution >= 4 is 27.5 Å². The van der Waals surface area contributed by atoms with Crippen LogP contribution >= 0.6 is 11.3 Å². The van der Waals surface area contributed by atoms with Crippen LogP contribution in [-0.2, 0) is 16.1 Å². The Morgan fingerprint density at radius 3 is 3.00 bits per heavy atom. The highest BCUT2D eigenvalue weighted by molar-refractivity contribution is 7.18. The molecule has 1 aliphatic heterocycles. The van der Waals surface area contributed by atoms with E-state index in [0.29, 0.717) is 13.2 Å². The molecule has 5 nitrogen and oxygen atoms in total. The molecule has 0 radical (unpaired) electrons. The van der Waals surface area contributed by atoms with Crippen molar-refractivity contribution in [1.82, 2.24) is 10.3 Å². The summed E-state index contributed by atoms with van der Waals surface area (Å²) in [5, 5.41) is 3.91. The van der Waals surface area contributed by atoms with Crippen molar-refractivity contribution in [3.05, 3.63) is 59.1 Å². The van der Waals surface area contributed by atoms with Crippen LogP contribution in [-0.4, -0.2) is 24.1 Å². The molecule has 0 fully saturated rings. The Morgan fingerprint density at radius 1 is 1.24 bits per heavy atom. The van der Waals surface area contributed by atoms with E-state index in [1.165, 1.54) is 0 Å². The summed E-state index contributed by atoms with van der Waals surface area (Å²) < 4.78 is 12.3. The predicted octanol–water partition coefficient (Wildman–Crippen LogP) is 3.45. The van der Waals surface area contributed by atoms with Gasteiger partial charge in [-0.2, -0.15) is 0 Å². The molecule has 0 bridgehead atoms. The van der Waals surface area contributed by atoms with E-state index in [1.807, 2.05) is 48.5 Å². The number of thiazole rings is 1. The molecule has 1 atom stereocenters. The lowest BCUT2D eigenvalue weighted by molar-refractivity contribution is -0.127. The third kappa shape index (κ3) is 3.65. The SMILES string of the molecule is O=C(COCc1nc2ccccc2s1)NC1CCOc2ccccc21. The first-order valence-corrected chi connectivity index (χ1v) is 9.04. The molecule has 25 heavy (non-hydrogen) atoms. The van der Waals surface area contributed by atoms with Gasteiger partial charge in [0, 0.05) is 12.0 Å². The normalized spacial score (nSPS) is 16.2.